The molecule has 1 aliphatic rings. The van der Waals surface area contributed by atoms with E-state index in [1.54, 1.807) is 6.07 Å². The molecule has 1 fully saturated rings. The number of benzene rings is 1. The van der Waals surface area contributed by atoms with Crippen molar-refractivity contribution in [1.29, 1.82) is 0 Å². The van der Waals surface area contributed by atoms with Crippen LogP contribution in [-0.2, 0) is 10.0 Å². The highest BCUT2D eigenvalue weighted by molar-refractivity contribution is 9.10. The second kappa shape index (κ2) is 11.1. The van der Waals surface area contributed by atoms with Gasteiger partial charge in [-0.25, -0.2) is 13.1 Å². The lowest BCUT2D eigenvalue weighted by Crippen LogP contribution is -2.44. The third-order valence-electron chi connectivity index (χ3n) is 3.35. The highest BCUT2D eigenvalue weighted by Gasteiger charge is 2.15. The Morgan fingerprint density at radius 2 is 1.91 bits per heavy atom. The normalized spacial score (nSPS) is 15.6. The van der Waals surface area contributed by atoms with Gasteiger partial charge in [-0.15, -0.1) is 24.8 Å². The summed E-state index contributed by atoms with van der Waals surface area (Å²) in [5, 5.41) is 3.79. The number of nitrogens with one attached hydrogen (secondary N) is 2. The maximum atomic E-state index is 12.1. The molecule has 134 valence electrons. The molecule has 1 aromatic carbocycles. The van der Waals surface area contributed by atoms with Gasteiger partial charge in [0.05, 0.1) is 9.92 Å². The summed E-state index contributed by atoms with van der Waals surface area (Å²) in [6, 6.07) is 4.59. The van der Waals surface area contributed by atoms with Crippen LogP contribution < -0.4 is 10.0 Å². The monoisotopic (exact) mass is 467 g/mol. The first-order chi connectivity index (χ1) is 9.99. The van der Waals surface area contributed by atoms with Crippen molar-refractivity contribution in [3.8, 4) is 0 Å². The Kier molecular flexibility index (Phi) is 11.3. The molecule has 2 N–H and O–H groups in total. The minimum Gasteiger partial charge on any atom is -0.314 e. The first kappa shape index (κ1) is 23.4. The SMILES string of the molecule is Cl.Cl.O=S(=O)(NCCCN1CCNCC1)c1ccc(Cl)c(Br)c1. The number of sulfonamides is 1. The number of hydrogen-bond acceptors (Lipinski definition) is 4. The van der Waals surface area contributed by atoms with Crippen molar-refractivity contribution in [3.63, 3.8) is 0 Å². The molecular formula is C13H21BrCl3N3O2S. The van der Waals surface area contributed by atoms with Crippen LogP contribution in [-0.4, -0.2) is 52.6 Å². The number of nitrogens with zero attached hydrogens (tertiary/aromatic N) is 1. The summed E-state index contributed by atoms with van der Waals surface area (Å²) in [4.78, 5) is 2.56. The standard InChI is InChI=1S/C13H19BrClN3O2S.2ClH/c14-12-10-11(2-3-13(12)15)21(19,20)17-4-1-7-18-8-5-16-6-9-18;;/h2-3,10,16-17H,1,4-9H2;2*1H. The third kappa shape index (κ3) is 7.44. The molecule has 0 bridgehead atoms. The molecule has 1 saturated heterocycles. The lowest BCUT2D eigenvalue weighted by atomic mass is 10.3. The zero-order chi connectivity index (χ0) is 15.3. The van der Waals surface area contributed by atoms with E-state index in [-0.39, 0.29) is 29.7 Å². The Bertz CT molecular complexity index is 584. The summed E-state index contributed by atoms with van der Waals surface area (Å²) < 4.78 is 27.5. The van der Waals surface area contributed by atoms with Crippen LogP contribution in [0.25, 0.3) is 0 Å². The Labute approximate surface area is 163 Å². The molecule has 0 spiro atoms. The molecule has 1 aliphatic heterocycles. The van der Waals surface area contributed by atoms with Crippen molar-refractivity contribution in [2.75, 3.05) is 39.3 Å². The number of halogens is 4. The summed E-state index contributed by atoms with van der Waals surface area (Å²) in [7, 11) is -3.47. The van der Waals surface area contributed by atoms with E-state index >= 15 is 0 Å². The van der Waals surface area contributed by atoms with Crippen molar-refractivity contribution in [3.05, 3.63) is 27.7 Å². The molecule has 1 aromatic rings. The second-order valence-corrected chi connectivity index (χ2v) is 7.95. The first-order valence-electron chi connectivity index (χ1n) is 6.87. The number of hydrogen-bond donors (Lipinski definition) is 2. The van der Waals surface area contributed by atoms with E-state index in [4.69, 9.17) is 11.6 Å². The zero-order valence-corrected chi connectivity index (χ0v) is 17.2. The van der Waals surface area contributed by atoms with Crippen molar-refractivity contribution in [1.82, 2.24) is 14.9 Å². The Balaban J connectivity index is 0.00000242. The topological polar surface area (TPSA) is 61.4 Å². The van der Waals surface area contributed by atoms with E-state index in [9.17, 15) is 8.42 Å². The Morgan fingerprint density at radius 3 is 2.52 bits per heavy atom. The van der Waals surface area contributed by atoms with Crippen molar-refractivity contribution < 1.29 is 8.42 Å². The van der Waals surface area contributed by atoms with Crippen LogP contribution in [0.4, 0.5) is 0 Å². The molecule has 0 aromatic heterocycles. The maximum absolute atomic E-state index is 12.1. The quantitative estimate of drug-likeness (QED) is 0.629. The molecule has 10 heteroatoms. The molecule has 0 unspecified atom stereocenters. The van der Waals surface area contributed by atoms with E-state index in [0.717, 1.165) is 39.1 Å². The molecule has 0 aliphatic carbocycles. The van der Waals surface area contributed by atoms with Crippen molar-refractivity contribution >= 4 is 62.4 Å². The molecule has 0 atom stereocenters. The van der Waals surface area contributed by atoms with Gasteiger partial charge in [0.25, 0.3) is 0 Å². The van der Waals surface area contributed by atoms with E-state index in [0.29, 0.717) is 16.0 Å². The summed E-state index contributed by atoms with van der Waals surface area (Å²) in [5.74, 6) is 0. The largest absolute Gasteiger partial charge is 0.314 e. The fraction of sp³-hybridized carbons (Fsp3) is 0.538. The highest BCUT2D eigenvalue weighted by atomic mass is 79.9. The van der Waals surface area contributed by atoms with Gasteiger partial charge >= 0.3 is 0 Å². The van der Waals surface area contributed by atoms with Crippen LogP contribution >= 0.6 is 52.3 Å². The molecule has 0 radical (unpaired) electrons. The summed E-state index contributed by atoms with van der Waals surface area (Å²) in [5.41, 5.74) is 0. The number of piperazine rings is 1. The summed E-state index contributed by atoms with van der Waals surface area (Å²) >= 11 is 9.11. The zero-order valence-electron chi connectivity index (χ0n) is 12.4. The maximum Gasteiger partial charge on any atom is 0.240 e. The average molecular weight is 470 g/mol. The van der Waals surface area contributed by atoms with Crippen LogP contribution in [0.5, 0.6) is 0 Å². The predicted octanol–water partition coefficient (Wildman–Crippen LogP) is 2.52. The van der Waals surface area contributed by atoms with Gasteiger partial charge < -0.3 is 10.2 Å². The van der Waals surface area contributed by atoms with E-state index in [1.807, 2.05) is 0 Å². The lowest BCUT2D eigenvalue weighted by Gasteiger charge is -2.27. The smallest absolute Gasteiger partial charge is 0.240 e. The van der Waals surface area contributed by atoms with Crippen LogP contribution in [0, 0.1) is 0 Å². The minimum atomic E-state index is -3.47. The van der Waals surface area contributed by atoms with Crippen molar-refractivity contribution in [2.24, 2.45) is 0 Å². The Morgan fingerprint density at radius 1 is 1.26 bits per heavy atom. The van der Waals surface area contributed by atoms with Gasteiger partial charge in [0.15, 0.2) is 0 Å². The van der Waals surface area contributed by atoms with E-state index < -0.39 is 10.0 Å². The van der Waals surface area contributed by atoms with Gasteiger partial charge in [0.1, 0.15) is 0 Å². The summed E-state index contributed by atoms with van der Waals surface area (Å²) in [6.07, 6.45) is 0.800. The molecule has 23 heavy (non-hydrogen) atoms. The first-order valence-corrected chi connectivity index (χ1v) is 9.52. The lowest BCUT2D eigenvalue weighted by molar-refractivity contribution is 0.239. The molecule has 5 nitrogen and oxygen atoms in total. The second-order valence-electron chi connectivity index (χ2n) is 4.92. The van der Waals surface area contributed by atoms with E-state index in [1.165, 1.54) is 12.1 Å². The summed E-state index contributed by atoms with van der Waals surface area (Å²) in [6.45, 7) is 5.41. The van der Waals surface area contributed by atoms with E-state index in [2.05, 4.69) is 30.9 Å². The molecular weight excluding hydrogens is 448 g/mol. The van der Waals surface area contributed by atoms with Gasteiger partial charge in [0, 0.05) is 37.2 Å². The van der Waals surface area contributed by atoms with Gasteiger partial charge in [0.2, 0.25) is 10.0 Å². The highest BCUT2D eigenvalue weighted by Crippen LogP contribution is 2.25. The fourth-order valence-corrected chi connectivity index (χ4v) is 3.92. The van der Waals surface area contributed by atoms with Crippen LogP contribution in [0.1, 0.15) is 6.42 Å². The Hall–Kier alpha value is 0.400. The third-order valence-corrected chi connectivity index (χ3v) is 6.03. The van der Waals surface area contributed by atoms with Gasteiger partial charge in [-0.1, -0.05) is 11.6 Å². The van der Waals surface area contributed by atoms with Crippen LogP contribution in [0.15, 0.2) is 27.6 Å². The van der Waals surface area contributed by atoms with Gasteiger partial charge in [-0.3, -0.25) is 0 Å². The minimum absolute atomic E-state index is 0. The molecule has 1 heterocycles. The fourth-order valence-electron chi connectivity index (χ4n) is 2.17. The van der Waals surface area contributed by atoms with Crippen LogP contribution in [0.3, 0.4) is 0 Å². The van der Waals surface area contributed by atoms with Gasteiger partial charge in [-0.2, -0.15) is 0 Å². The van der Waals surface area contributed by atoms with Gasteiger partial charge in [-0.05, 0) is 47.1 Å². The predicted molar refractivity (Wildman–Crippen MR) is 103 cm³/mol. The van der Waals surface area contributed by atoms with Crippen LogP contribution in [0.2, 0.25) is 5.02 Å². The molecule has 0 amide bonds. The van der Waals surface area contributed by atoms with Crippen molar-refractivity contribution in [2.45, 2.75) is 11.3 Å². The molecule has 0 saturated carbocycles. The molecule has 2 rings (SSSR count). The average Bonchev–Trinajstić information content (AvgIpc) is 2.47. The number of rotatable bonds is 6.